The molecule has 2 aromatic carbocycles. The van der Waals surface area contributed by atoms with E-state index in [4.69, 9.17) is 16.1 Å². The molecule has 2 heterocycles. The summed E-state index contributed by atoms with van der Waals surface area (Å²) < 4.78 is 5.45. The first-order valence-corrected chi connectivity index (χ1v) is 12.8. The number of benzene rings is 2. The summed E-state index contributed by atoms with van der Waals surface area (Å²) in [6.07, 6.45) is 1.70. The van der Waals surface area contributed by atoms with Crippen molar-refractivity contribution >= 4 is 29.3 Å². The fourth-order valence-corrected chi connectivity index (χ4v) is 4.91. The van der Waals surface area contributed by atoms with Crippen molar-refractivity contribution in [1.82, 2.24) is 20.4 Å². The quantitative estimate of drug-likeness (QED) is 0.433. The van der Waals surface area contributed by atoms with E-state index < -0.39 is 0 Å². The molecule has 1 aromatic heterocycles. The number of piperidine rings is 1. The van der Waals surface area contributed by atoms with Gasteiger partial charge in [-0.3, -0.25) is 9.69 Å². The lowest BCUT2D eigenvalue weighted by Crippen LogP contribution is -2.40. The standard InChI is InChI=1S/C25H29ClN4O2S/c1-18-5-7-20(8-6-18)24-28-23(32-29-24)16-30-12-9-21(10-13-30)25(31)27-11-14-33-17-19-3-2-4-22(26)15-19/h2-8,15,21H,9-14,16-17H2,1H3,(H,27,31). The molecule has 1 fully saturated rings. The lowest BCUT2D eigenvalue weighted by atomic mass is 9.96. The molecule has 0 spiro atoms. The van der Waals surface area contributed by atoms with Gasteiger partial charge in [-0.1, -0.05) is 58.7 Å². The molecule has 0 aliphatic carbocycles. The SMILES string of the molecule is Cc1ccc(-c2noc(CN3CCC(C(=O)NCCSCc4cccc(Cl)c4)CC3)n2)cc1. The molecule has 3 aromatic rings. The van der Waals surface area contributed by atoms with Crippen LogP contribution in [0.25, 0.3) is 11.4 Å². The number of rotatable bonds is 9. The number of halogens is 1. The van der Waals surface area contributed by atoms with Gasteiger partial charge in [0.05, 0.1) is 6.54 Å². The molecule has 1 N–H and O–H groups in total. The number of thioether (sulfide) groups is 1. The molecular weight excluding hydrogens is 456 g/mol. The Kier molecular flexibility index (Phi) is 8.42. The van der Waals surface area contributed by atoms with Crippen molar-refractivity contribution in [3.05, 3.63) is 70.6 Å². The summed E-state index contributed by atoms with van der Waals surface area (Å²) >= 11 is 7.82. The van der Waals surface area contributed by atoms with Gasteiger partial charge in [-0.15, -0.1) is 0 Å². The van der Waals surface area contributed by atoms with Gasteiger partial charge in [0.25, 0.3) is 0 Å². The van der Waals surface area contributed by atoms with E-state index in [1.54, 1.807) is 11.8 Å². The molecule has 0 saturated carbocycles. The number of aryl methyl sites for hydroxylation is 1. The van der Waals surface area contributed by atoms with Crippen LogP contribution in [-0.4, -0.2) is 46.3 Å². The van der Waals surface area contributed by atoms with Crippen LogP contribution in [0, 0.1) is 12.8 Å². The highest BCUT2D eigenvalue weighted by Crippen LogP contribution is 2.21. The molecule has 1 saturated heterocycles. The largest absolute Gasteiger partial charge is 0.355 e. The highest BCUT2D eigenvalue weighted by atomic mass is 35.5. The smallest absolute Gasteiger partial charge is 0.241 e. The molecule has 174 valence electrons. The van der Waals surface area contributed by atoms with E-state index in [9.17, 15) is 4.79 Å². The molecule has 0 radical (unpaired) electrons. The third kappa shape index (κ3) is 7.06. The number of carbonyl (C=O) groups is 1. The monoisotopic (exact) mass is 484 g/mol. The van der Waals surface area contributed by atoms with Crippen LogP contribution in [0.5, 0.6) is 0 Å². The van der Waals surface area contributed by atoms with Gasteiger partial charge in [0.2, 0.25) is 17.6 Å². The van der Waals surface area contributed by atoms with Crippen molar-refractivity contribution in [3.8, 4) is 11.4 Å². The molecule has 1 aliphatic rings. The molecule has 6 nitrogen and oxygen atoms in total. The Hall–Kier alpha value is -2.35. The van der Waals surface area contributed by atoms with Gasteiger partial charge in [-0.25, -0.2) is 0 Å². The summed E-state index contributed by atoms with van der Waals surface area (Å²) in [4.78, 5) is 19.3. The molecule has 33 heavy (non-hydrogen) atoms. The fourth-order valence-electron chi connectivity index (χ4n) is 3.89. The van der Waals surface area contributed by atoms with Gasteiger partial charge in [0.1, 0.15) is 0 Å². The van der Waals surface area contributed by atoms with Crippen molar-refractivity contribution < 1.29 is 9.32 Å². The van der Waals surface area contributed by atoms with E-state index >= 15 is 0 Å². The van der Waals surface area contributed by atoms with Crippen LogP contribution in [0.2, 0.25) is 5.02 Å². The van der Waals surface area contributed by atoms with Crippen LogP contribution in [-0.2, 0) is 17.1 Å². The molecule has 8 heteroatoms. The third-order valence-corrected chi connectivity index (χ3v) is 7.06. The second-order valence-corrected chi connectivity index (χ2v) is 9.94. The van der Waals surface area contributed by atoms with E-state index in [1.807, 2.05) is 42.5 Å². The van der Waals surface area contributed by atoms with Crippen LogP contribution in [0.3, 0.4) is 0 Å². The average Bonchev–Trinajstić information content (AvgIpc) is 3.28. The minimum atomic E-state index is 0.0741. The van der Waals surface area contributed by atoms with Crippen LogP contribution >= 0.6 is 23.4 Å². The summed E-state index contributed by atoms with van der Waals surface area (Å²) in [6.45, 7) is 5.06. The zero-order valence-electron chi connectivity index (χ0n) is 18.8. The van der Waals surface area contributed by atoms with Crippen molar-refractivity contribution in [3.63, 3.8) is 0 Å². The molecule has 4 rings (SSSR count). The first kappa shape index (κ1) is 23.8. The molecular formula is C25H29ClN4O2S. The average molecular weight is 485 g/mol. The molecule has 1 amide bonds. The highest BCUT2D eigenvalue weighted by molar-refractivity contribution is 7.98. The van der Waals surface area contributed by atoms with Gasteiger partial charge in [0.15, 0.2) is 0 Å². The number of carbonyl (C=O) groups excluding carboxylic acids is 1. The summed E-state index contributed by atoms with van der Waals surface area (Å²) in [6, 6.07) is 16.0. The number of nitrogens with zero attached hydrogens (tertiary/aromatic N) is 3. The maximum Gasteiger partial charge on any atom is 0.241 e. The first-order valence-electron chi connectivity index (χ1n) is 11.3. The molecule has 0 atom stereocenters. The Labute approximate surface area is 204 Å². The highest BCUT2D eigenvalue weighted by Gasteiger charge is 2.25. The van der Waals surface area contributed by atoms with Crippen molar-refractivity contribution in [2.45, 2.75) is 32.1 Å². The van der Waals surface area contributed by atoms with Gasteiger partial charge >= 0.3 is 0 Å². The van der Waals surface area contributed by atoms with E-state index in [2.05, 4.69) is 33.3 Å². The predicted molar refractivity (Wildman–Crippen MR) is 133 cm³/mol. The van der Waals surface area contributed by atoms with E-state index in [0.29, 0.717) is 24.8 Å². The summed E-state index contributed by atoms with van der Waals surface area (Å²) in [5, 5.41) is 7.97. The van der Waals surface area contributed by atoms with E-state index in [1.165, 1.54) is 11.1 Å². The number of aromatic nitrogens is 2. The Morgan fingerprint density at radius 3 is 2.76 bits per heavy atom. The Bertz CT molecular complexity index is 1050. The van der Waals surface area contributed by atoms with Crippen molar-refractivity contribution in [2.24, 2.45) is 5.92 Å². The van der Waals surface area contributed by atoms with Crippen molar-refractivity contribution in [1.29, 1.82) is 0 Å². The Balaban J connectivity index is 1.14. The predicted octanol–water partition coefficient (Wildman–Crippen LogP) is 4.96. The maximum atomic E-state index is 12.5. The Morgan fingerprint density at radius 1 is 1.21 bits per heavy atom. The molecule has 0 bridgehead atoms. The normalized spacial score (nSPS) is 15.0. The second-order valence-electron chi connectivity index (χ2n) is 8.40. The van der Waals surface area contributed by atoms with Crippen LogP contribution < -0.4 is 5.32 Å². The fraction of sp³-hybridized carbons (Fsp3) is 0.400. The minimum Gasteiger partial charge on any atom is -0.355 e. The zero-order chi connectivity index (χ0) is 23.0. The third-order valence-electron chi connectivity index (χ3n) is 5.80. The lowest BCUT2D eigenvalue weighted by molar-refractivity contribution is -0.126. The van der Waals surface area contributed by atoms with Crippen molar-refractivity contribution in [2.75, 3.05) is 25.4 Å². The number of nitrogens with one attached hydrogen (secondary N) is 1. The molecule has 0 unspecified atom stereocenters. The van der Waals surface area contributed by atoms with Crippen LogP contribution in [0.15, 0.2) is 53.1 Å². The van der Waals surface area contributed by atoms with Crippen LogP contribution in [0.4, 0.5) is 0 Å². The first-order chi connectivity index (χ1) is 16.1. The minimum absolute atomic E-state index is 0.0741. The van der Waals surface area contributed by atoms with Gasteiger partial charge in [0, 0.05) is 34.6 Å². The Morgan fingerprint density at radius 2 is 2.00 bits per heavy atom. The summed E-state index contributed by atoms with van der Waals surface area (Å²) in [5.41, 5.74) is 3.36. The number of amides is 1. The summed E-state index contributed by atoms with van der Waals surface area (Å²) in [7, 11) is 0. The van der Waals surface area contributed by atoms with Crippen LogP contribution in [0.1, 0.15) is 29.9 Å². The van der Waals surface area contributed by atoms with E-state index in [-0.39, 0.29) is 11.8 Å². The second kappa shape index (κ2) is 11.7. The van der Waals surface area contributed by atoms with E-state index in [0.717, 1.165) is 48.0 Å². The number of hydrogen-bond donors (Lipinski definition) is 1. The zero-order valence-corrected chi connectivity index (χ0v) is 20.4. The molecule has 1 aliphatic heterocycles. The maximum absolute atomic E-state index is 12.5. The van der Waals surface area contributed by atoms with Gasteiger partial charge < -0.3 is 9.84 Å². The number of likely N-dealkylation sites (tertiary alicyclic amines) is 1. The summed E-state index contributed by atoms with van der Waals surface area (Å²) in [5.74, 6) is 3.26. The topological polar surface area (TPSA) is 71.3 Å². The van der Waals surface area contributed by atoms with Gasteiger partial charge in [-0.05, 0) is 50.6 Å². The number of hydrogen-bond acceptors (Lipinski definition) is 6. The lowest BCUT2D eigenvalue weighted by Gasteiger charge is -2.30. The van der Waals surface area contributed by atoms with Gasteiger partial charge in [-0.2, -0.15) is 16.7 Å².